The number of unbranched alkanes of at least 4 members (excludes halogenated alkanes) is 1. The van der Waals surface area contributed by atoms with Crippen LogP contribution in [0.25, 0.3) is 27.7 Å². The van der Waals surface area contributed by atoms with E-state index in [0.29, 0.717) is 12.2 Å². The average Bonchev–Trinajstić information content (AvgIpc) is 3.23. The quantitative estimate of drug-likeness (QED) is 0.472. The zero-order chi connectivity index (χ0) is 19.0. The van der Waals surface area contributed by atoms with E-state index < -0.39 is 0 Å². The first kappa shape index (κ1) is 17.5. The van der Waals surface area contributed by atoms with E-state index in [0.717, 1.165) is 59.3 Å². The van der Waals surface area contributed by atoms with Crippen molar-refractivity contribution in [1.29, 1.82) is 0 Å². The van der Waals surface area contributed by atoms with Crippen molar-refractivity contribution in [2.24, 2.45) is 0 Å². The Morgan fingerprint density at radius 2 is 1.93 bits per heavy atom. The van der Waals surface area contributed by atoms with Crippen molar-refractivity contribution in [3.05, 3.63) is 36.3 Å². The predicted octanol–water partition coefficient (Wildman–Crippen LogP) is 4.52. The van der Waals surface area contributed by atoms with Gasteiger partial charge in [0.1, 0.15) is 16.9 Å². The number of hydrogen-bond acceptors (Lipinski definition) is 4. The summed E-state index contributed by atoms with van der Waals surface area (Å²) in [5, 5.41) is 0.807. The number of ether oxygens (including phenoxy) is 1. The fourth-order valence-electron chi connectivity index (χ4n) is 3.49. The zero-order valence-electron chi connectivity index (χ0n) is 16.0. The average molecular weight is 364 g/mol. The van der Waals surface area contributed by atoms with Crippen molar-refractivity contribution in [2.45, 2.75) is 53.0 Å². The second-order valence-electron chi connectivity index (χ2n) is 6.71. The first-order valence-electron chi connectivity index (χ1n) is 9.67. The smallest absolute Gasteiger partial charge is 0.310 e. The lowest BCUT2D eigenvalue weighted by atomic mass is 10.3. The number of hydrogen-bond donors (Lipinski definition) is 0. The van der Waals surface area contributed by atoms with Gasteiger partial charge >= 0.3 is 5.97 Å². The third-order valence-electron chi connectivity index (χ3n) is 4.87. The maximum atomic E-state index is 12.0. The molecule has 6 nitrogen and oxygen atoms in total. The standard InChI is InChI=1S/C21H24N4O2/c1-4-7-12-24-13-16(27-18(26)6-3)19-20(24)23-17(5-2)25-15-11-9-8-10-14(15)22-21(19)25/h8-11,13H,4-7,12H2,1-3H3. The molecule has 4 aromatic rings. The molecule has 0 aliphatic heterocycles. The number of carbonyl (C=O) groups excluding carboxylic acids is 1. The molecule has 0 atom stereocenters. The van der Waals surface area contributed by atoms with Crippen molar-refractivity contribution < 1.29 is 9.53 Å². The highest BCUT2D eigenvalue weighted by Crippen LogP contribution is 2.34. The summed E-state index contributed by atoms with van der Waals surface area (Å²) in [6.07, 6.45) is 5.14. The Morgan fingerprint density at radius 1 is 1.11 bits per heavy atom. The van der Waals surface area contributed by atoms with E-state index in [1.807, 2.05) is 30.5 Å². The Bertz CT molecular complexity index is 1140. The minimum Gasteiger partial charge on any atom is -0.424 e. The van der Waals surface area contributed by atoms with Crippen LogP contribution in [0.5, 0.6) is 5.75 Å². The van der Waals surface area contributed by atoms with Gasteiger partial charge in [-0.2, -0.15) is 0 Å². The Labute approximate surface area is 157 Å². The summed E-state index contributed by atoms with van der Waals surface area (Å²) >= 11 is 0. The van der Waals surface area contributed by atoms with Gasteiger partial charge in [-0.25, -0.2) is 9.97 Å². The Morgan fingerprint density at radius 3 is 2.67 bits per heavy atom. The van der Waals surface area contributed by atoms with Crippen LogP contribution in [0.2, 0.25) is 0 Å². The highest BCUT2D eigenvalue weighted by atomic mass is 16.5. The summed E-state index contributed by atoms with van der Waals surface area (Å²) in [4.78, 5) is 21.8. The molecule has 0 saturated heterocycles. The van der Waals surface area contributed by atoms with E-state index in [9.17, 15) is 4.79 Å². The minimum absolute atomic E-state index is 0.252. The number of fused-ring (bicyclic) bond motifs is 5. The molecule has 27 heavy (non-hydrogen) atoms. The van der Waals surface area contributed by atoms with Crippen LogP contribution in [0, 0.1) is 0 Å². The summed E-state index contributed by atoms with van der Waals surface area (Å²) in [6.45, 7) is 6.89. The van der Waals surface area contributed by atoms with E-state index in [2.05, 4.69) is 22.8 Å². The zero-order valence-corrected chi connectivity index (χ0v) is 16.0. The van der Waals surface area contributed by atoms with Crippen molar-refractivity contribution in [3.8, 4) is 5.75 Å². The number of imidazole rings is 1. The molecule has 4 rings (SSSR count). The van der Waals surface area contributed by atoms with Crippen LogP contribution in [0.1, 0.15) is 45.9 Å². The van der Waals surface area contributed by atoms with Crippen molar-refractivity contribution in [3.63, 3.8) is 0 Å². The van der Waals surface area contributed by atoms with Gasteiger partial charge in [-0.05, 0) is 18.6 Å². The molecule has 0 bridgehead atoms. The van der Waals surface area contributed by atoms with Crippen LogP contribution in [-0.2, 0) is 17.8 Å². The fourth-order valence-corrected chi connectivity index (χ4v) is 3.49. The van der Waals surface area contributed by atoms with Gasteiger partial charge in [-0.1, -0.05) is 39.3 Å². The number of para-hydroxylation sites is 2. The molecule has 3 heterocycles. The van der Waals surface area contributed by atoms with Crippen LogP contribution in [0.3, 0.4) is 0 Å². The fraction of sp³-hybridized carbons (Fsp3) is 0.381. The third-order valence-corrected chi connectivity index (χ3v) is 4.87. The molecular formula is C21H24N4O2. The molecule has 0 N–H and O–H groups in total. The topological polar surface area (TPSA) is 61.4 Å². The molecule has 0 saturated carbocycles. The Hall–Kier alpha value is -2.89. The molecule has 0 radical (unpaired) electrons. The molecule has 6 heteroatoms. The number of aromatic nitrogens is 4. The summed E-state index contributed by atoms with van der Waals surface area (Å²) in [5.74, 6) is 1.25. The van der Waals surface area contributed by atoms with E-state index in [1.165, 1.54) is 0 Å². The molecule has 0 fully saturated rings. The summed E-state index contributed by atoms with van der Waals surface area (Å²) in [6, 6.07) is 8.03. The lowest BCUT2D eigenvalue weighted by Crippen LogP contribution is -2.06. The highest BCUT2D eigenvalue weighted by Gasteiger charge is 2.21. The summed E-state index contributed by atoms with van der Waals surface area (Å²) in [5.41, 5.74) is 3.57. The third kappa shape index (κ3) is 2.85. The van der Waals surface area contributed by atoms with Gasteiger partial charge in [0.25, 0.3) is 0 Å². The first-order valence-corrected chi connectivity index (χ1v) is 9.67. The number of nitrogens with zero attached hydrogens (tertiary/aromatic N) is 4. The minimum atomic E-state index is -0.252. The Balaban J connectivity index is 2.08. The van der Waals surface area contributed by atoms with Gasteiger partial charge in [0.2, 0.25) is 0 Å². The molecular weight excluding hydrogens is 340 g/mol. The van der Waals surface area contributed by atoms with Gasteiger partial charge in [-0.15, -0.1) is 0 Å². The normalized spacial score (nSPS) is 11.7. The SMILES string of the molecule is CCCCn1cc(OC(=O)CC)c2c1nc(CC)n1c3ccccc3nc21. The van der Waals surface area contributed by atoms with E-state index in [1.54, 1.807) is 6.92 Å². The number of aryl methyl sites for hydroxylation is 2. The lowest BCUT2D eigenvalue weighted by molar-refractivity contribution is -0.133. The van der Waals surface area contributed by atoms with Gasteiger partial charge in [0, 0.05) is 25.6 Å². The molecule has 140 valence electrons. The molecule has 0 unspecified atom stereocenters. The number of benzene rings is 1. The number of rotatable bonds is 6. The maximum absolute atomic E-state index is 12.0. The van der Waals surface area contributed by atoms with Crippen LogP contribution in [0.15, 0.2) is 30.5 Å². The number of esters is 1. The molecule has 0 aliphatic rings. The summed E-state index contributed by atoms with van der Waals surface area (Å²) < 4.78 is 9.84. The molecule has 0 aliphatic carbocycles. The van der Waals surface area contributed by atoms with E-state index in [4.69, 9.17) is 14.7 Å². The predicted molar refractivity (Wildman–Crippen MR) is 106 cm³/mol. The van der Waals surface area contributed by atoms with Crippen LogP contribution < -0.4 is 4.74 Å². The second kappa shape index (κ2) is 7.02. The van der Waals surface area contributed by atoms with E-state index in [-0.39, 0.29) is 5.97 Å². The van der Waals surface area contributed by atoms with Gasteiger partial charge in [0.05, 0.1) is 11.0 Å². The van der Waals surface area contributed by atoms with E-state index >= 15 is 0 Å². The van der Waals surface area contributed by atoms with Gasteiger partial charge in [-0.3, -0.25) is 9.20 Å². The largest absolute Gasteiger partial charge is 0.424 e. The monoisotopic (exact) mass is 364 g/mol. The van der Waals surface area contributed by atoms with Crippen molar-refractivity contribution in [1.82, 2.24) is 18.9 Å². The molecule has 3 aromatic heterocycles. The van der Waals surface area contributed by atoms with Crippen LogP contribution in [0.4, 0.5) is 0 Å². The Kier molecular flexibility index (Phi) is 4.56. The second-order valence-corrected chi connectivity index (χ2v) is 6.71. The lowest BCUT2D eigenvalue weighted by Gasteiger charge is -2.08. The van der Waals surface area contributed by atoms with Crippen molar-refractivity contribution >= 4 is 33.7 Å². The van der Waals surface area contributed by atoms with Gasteiger partial charge < -0.3 is 9.30 Å². The molecule has 0 amide bonds. The maximum Gasteiger partial charge on any atom is 0.310 e. The molecule has 1 aromatic carbocycles. The van der Waals surface area contributed by atoms with Gasteiger partial charge in [0.15, 0.2) is 11.4 Å². The van der Waals surface area contributed by atoms with Crippen molar-refractivity contribution in [2.75, 3.05) is 0 Å². The van der Waals surface area contributed by atoms with Crippen LogP contribution in [-0.4, -0.2) is 24.9 Å². The molecule has 0 spiro atoms. The van der Waals surface area contributed by atoms with Crippen LogP contribution >= 0.6 is 0 Å². The highest BCUT2D eigenvalue weighted by molar-refractivity contribution is 6.00. The first-order chi connectivity index (χ1) is 13.2. The summed E-state index contributed by atoms with van der Waals surface area (Å²) in [7, 11) is 0. The number of carbonyl (C=O) groups is 1.